The molecule has 8 rings (SSSR count). The van der Waals surface area contributed by atoms with Gasteiger partial charge in [-0.2, -0.15) is 0 Å². The number of hydrogen-bond acceptors (Lipinski definition) is 12. The van der Waals surface area contributed by atoms with Gasteiger partial charge in [-0.15, -0.1) is 45.3 Å². The Bertz CT molecular complexity index is 2440. The molecule has 8 heterocycles. The van der Waals surface area contributed by atoms with E-state index in [1.165, 1.54) is 174 Å². The highest BCUT2D eigenvalue weighted by atomic mass is 32.1. The number of fused-ring (bicyclic) bond motifs is 2. The van der Waals surface area contributed by atoms with Crippen LogP contribution in [0.5, 0.6) is 5.88 Å². The topological polar surface area (TPSA) is 158 Å². The quantitative estimate of drug-likeness (QED) is 0.0403. The van der Waals surface area contributed by atoms with E-state index in [1.807, 2.05) is 38.3 Å². The number of amides is 3. The van der Waals surface area contributed by atoms with Gasteiger partial charge in [0.1, 0.15) is 25.7 Å². The summed E-state index contributed by atoms with van der Waals surface area (Å²) in [7, 11) is 0. The van der Waals surface area contributed by atoms with Crippen molar-refractivity contribution >= 4 is 80.2 Å². The van der Waals surface area contributed by atoms with Gasteiger partial charge in [-0.05, 0) is 37.5 Å². The number of rotatable bonds is 32. The Labute approximate surface area is 443 Å². The summed E-state index contributed by atoms with van der Waals surface area (Å²) in [5.41, 5.74) is 4.32. The maximum atomic E-state index is 14.9. The molecule has 3 aliphatic heterocycles. The average Bonchev–Trinajstić information content (AvgIpc) is 4.25. The maximum Gasteiger partial charge on any atom is 0.280 e. The van der Waals surface area contributed by atoms with E-state index in [2.05, 4.69) is 47.6 Å². The van der Waals surface area contributed by atoms with E-state index in [0.29, 0.717) is 68.6 Å². The van der Waals surface area contributed by atoms with Gasteiger partial charge in [-0.3, -0.25) is 14.4 Å². The van der Waals surface area contributed by atoms with Crippen molar-refractivity contribution in [1.82, 2.24) is 34.7 Å². The van der Waals surface area contributed by atoms with E-state index in [4.69, 9.17) is 9.97 Å². The van der Waals surface area contributed by atoms with Crippen molar-refractivity contribution < 1.29 is 19.5 Å². The molecule has 2 unspecified atom stereocenters. The second-order valence-corrected chi connectivity index (χ2v) is 23.1. The van der Waals surface area contributed by atoms with Crippen LogP contribution in [0.2, 0.25) is 0 Å². The number of aromatic hydroxyl groups is 1. The summed E-state index contributed by atoms with van der Waals surface area (Å²) in [4.78, 5) is 70.4. The van der Waals surface area contributed by atoms with E-state index in [-0.39, 0.29) is 23.6 Å². The van der Waals surface area contributed by atoms with Crippen molar-refractivity contribution in [1.29, 1.82) is 0 Å². The van der Waals surface area contributed by atoms with Crippen molar-refractivity contribution in [3.05, 3.63) is 83.6 Å². The molecule has 0 radical (unpaired) electrons. The Morgan fingerprint density at radius 3 is 1.24 bits per heavy atom. The van der Waals surface area contributed by atoms with Gasteiger partial charge >= 0.3 is 0 Å². The molecule has 3 aliphatic rings. The number of carbonyl (C=O) groups excluding carboxylic acids is 3. The molecule has 0 aliphatic carbocycles. The molecule has 2 atom stereocenters. The van der Waals surface area contributed by atoms with E-state index >= 15 is 0 Å². The highest BCUT2D eigenvalue weighted by Gasteiger charge is 2.50. The fourth-order valence-electron chi connectivity index (χ4n) is 10.3. The molecule has 72 heavy (non-hydrogen) atoms. The summed E-state index contributed by atoms with van der Waals surface area (Å²) in [6, 6.07) is 0. The standard InChI is InChI=1S/C44H70N4O2S2.C12H6N4O2S2/c1-5-9-13-17-19-23-27-35(25-21-15-11-7-3)33-47-39(41-45-29-31-51-41)37-38(43(47)49)40(42-46-30-32-52-42)48(44(37)50)34-36(26-22-16-12-8-4)28-24-20-18-14-10-6-2;17-9-5-6(8(16-9)12-14-2-4-20-12)10(18)15-7(5)11-13-1-3-19-11/h29-32,35-36H,5-28,33-34H2,1-4H3;1-4,15,18H. The van der Waals surface area contributed by atoms with Gasteiger partial charge in [-0.1, -0.05) is 156 Å². The summed E-state index contributed by atoms with van der Waals surface area (Å²) in [6.07, 6.45) is 36.5. The van der Waals surface area contributed by atoms with Crippen LogP contribution in [0.3, 0.4) is 0 Å². The van der Waals surface area contributed by atoms with E-state index < -0.39 is 0 Å². The summed E-state index contributed by atoms with van der Waals surface area (Å²) in [5, 5.41) is 20.5. The predicted octanol–water partition coefficient (Wildman–Crippen LogP) is 15.4. The summed E-state index contributed by atoms with van der Waals surface area (Å²) in [6.45, 7) is 10.4. The monoisotopic (exact) mass is 1050 g/mol. The van der Waals surface area contributed by atoms with Gasteiger partial charge in [0.15, 0.2) is 5.88 Å². The molecule has 0 fully saturated rings. The van der Waals surface area contributed by atoms with Gasteiger partial charge in [0.2, 0.25) is 0 Å². The van der Waals surface area contributed by atoms with Crippen LogP contribution < -0.4 is 0 Å². The zero-order valence-corrected chi connectivity index (χ0v) is 46.4. The summed E-state index contributed by atoms with van der Waals surface area (Å²) in [5.74, 6) is 0.288. The lowest BCUT2D eigenvalue weighted by molar-refractivity contribution is -0.124. The first-order valence-electron chi connectivity index (χ1n) is 27.1. The molecular formula is C56H76N8O4S4. The molecule has 388 valence electrons. The fraction of sp³-hybridized carbons (Fsp3) is 0.571. The van der Waals surface area contributed by atoms with Gasteiger partial charge in [0.05, 0.1) is 39.4 Å². The van der Waals surface area contributed by atoms with Crippen LogP contribution in [0, 0.1) is 11.8 Å². The smallest absolute Gasteiger partial charge is 0.280 e. The lowest BCUT2D eigenvalue weighted by Gasteiger charge is -2.29. The zero-order chi connectivity index (χ0) is 50.7. The third kappa shape index (κ3) is 13.9. The number of aromatic amines is 1. The van der Waals surface area contributed by atoms with E-state index in [9.17, 15) is 19.5 Å². The predicted molar refractivity (Wildman–Crippen MR) is 298 cm³/mol. The lowest BCUT2D eigenvalue weighted by atomic mass is 9.93. The Balaban J connectivity index is 0.000000311. The average molecular weight is 1050 g/mol. The zero-order valence-electron chi connectivity index (χ0n) is 43.1. The summed E-state index contributed by atoms with van der Waals surface area (Å²) < 4.78 is 0. The number of carbonyl (C=O) groups is 3. The van der Waals surface area contributed by atoms with Crippen LogP contribution in [0.15, 0.2) is 62.4 Å². The van der Waals surface area contributed by atoms with Gasteiger partial charge in [0.25, 0.3) is 17.7 Å². The number of nitrogens with one attached hydrogen (secondary N) is 1. The van der Waals surface area contributed by atoms with Gasteiger partial charge in [-0.25, -0.2) is 24.9 Å². The minimum Gasteiger partial charge on any atom is -0.494 e. The van der Waals surface area contributed by atoms with Crippen molar-refractivity contribution in [3.8, 4) is 16.6 Å². The Morgan fingerprint density at radius 2 is 0.847 bits per heavy atom. The summed E-state index contributed by atoms with van der Waals surface area (Å²) >= 11 is 5.83. The molecule has 12 nitrogen and oxygen atoms in total. The first-order valence-corrected chi connectivity index (χ1v) is 30.6. The van der Waals surface area contributed by atoms with Crippen molar-refractivity contribution in [2.24, 2.45) is 16.8 Å². The first-order chi connectivity index (χ1) is 35.3. The Kier molecular flexibility index (Phi) is 22.0. The number of H-pyrrole nitrogens is 1. The van der Waals surface area contributed by atoms with Gasteiger partial charge < -0.3 is 19.9 Å². The van der Waals surface area contributed by atoms with Crippen molar-refractivity contribution in [2.45, 2.75) is 182 Å². The van der Waals surface area contributed by atoms with Crippen LogP contribution in [-0.4, -0.2) is 76.3 Å². The molecule has 0 saturated heterocycles. The van der Waals surface area contributed by atoms with Gasteiger partial charge in [0, 0.05) is 59.4 Å². The van der Waals surface area contributed by atoms with E-state index in [1.54, 1.807) is 17.8 Å². The molecule has 2 N–H and O–H groups in total. The van der Waals surface area contributed by atoms with Crippen molar-refractivity contribution in [3.63, 3.8) is 0 Å². The van der Waals surface area contributed by atoms with Crippen LogP contribution in [0.4, 0.5) is 0 Å². The molecule has 0 bridgehead atoms. The number of aromatic nitrogens is 5. The normalized spacial score (nSPS) is 15.2. The number of thiazole rings is 4. The molecule has 0 saturated carbocycles. The second-order valence-electron chi connectivity index (χ2n) is 19.5. The number of nitrogens with zero attached hydrogens (tertiary/aromatic N) is 7. The van der Waals surface area contributed by atoms with E-state index in [0.717, 1.165) is 47.1 Å². The first kappa shape index (κ1) is 55.1. The highest BCUT2D eigenvalue weighted by molar-refractivity contribution is 7.13. The lowest BCUT2D eigenvalue weighted by Crippen LogP contribution is -2.35. The number of hydrogen-bond donors (Lipinski definition) is 2. The number of aliphatic imine (C=N–C) groups is 1. The minimum atomic E-state index is -0.382. The highest BCUT2D eigenvalue weighted by Crippen LogP contribution is 2.48. The molecule has 0 aromatic carbocycles. The molecule has 3 amide bonds. The maximum absolute atomic E-state index is 14.9. The molecule has 5 aromatic rings. The number of unbranched alkanes of at least 4 members (excludes halogenated alkanes) is 16. The van der Waals surface area contributed by atoms with Crippen LogP contribution >= 0.6 is 45.3 Å². The SMILES string of the molecule is CCCCCCCCC(CCCCCC)CN1C(=O)C2=C(c3nccs3)N(CC(CCCCCC)CCCCCCCC)C(=O)C2=C1c1nccs1.O=C1N=C(c2nccs2)c2c(O)[nH]c(-c3nccs3)c21. The molecular weight excluding hydrogens is 977 g/mol. The van der Waals surface area contributed by atoms with Crippen molar-refractivity contribution in [2.75, 3.05) is 13.1 Å². The fourth-order valence-corrected chi connectivity index (χ4v) is 13.0. The minimum absolute atomic E-state index is 0.0295. The van der Waals surface area contributed by atoms with Crippen LogP contribution in [0.25, 0.3) is 22.1 Å². The van der Waals surface area contributed by atoms with Crippen LogP contribution in [-0.2, 0) is 9.59 Å². The molecule has 0 spiro atoms. The molecule has 16 heteroatoms. The largest absolute Gasteiger partial charge is 0.494 e. The third-order valence-corrected chi connectivity index (χ3v) is 17.3. The molecule has 5 aromatic heterocycles. The Morgan fingerprint density at radius 1 is 0.486 bits per heavy atom. The third-order valence-electron chi connectivity index (χ3n) is 14.1. The second kappa shape index (κ2) is 28.7. The van der Waals surface area contributed by atoms with Crippen LogP contribution in [0.1, 0.15) is 213 Å². The Hall–Kier alpha value is -4.64.